The Hall–Kier alpha value is -2.82. The molecule has 1 aromatic heterocycles. The molecule has 1 heterocycles. The van der Waals surface area contributed by atoms with Gasteiger partial charge in [-0.1, -0.05) is 12.2 Å². The second-order valence-corrected chi connectivity index (χ2v) is 5.93. The molecule has 124 valence electrons. The number of anilines is 1. The van der Waals surface area contributed by atoms with Crippen molar-refractivity contribution in [3.05, 3.63) is 47.7 Å². The van der Waals surface area contributed by atoms with Crippen LogP contribution in [0.1, 0.15) is 31.9 Å². The summed E-state index contributed by atoms with van der Waals surface area (Å²) in [5, 5.41) is 2.65. The van der Waals surface area contributed by atoms with Gasteiger partial charge in [0.25, 0.3) is 0 Å². The van der Waals surface area contributed by atoms with Crippen LogP contribution in [0.25, 0.3) is 6.08 Å². The number of pyridine rings is 1. The Morgan fingerprint density at radius 3 is 2.83 bits per heavy atom. The lowest BCUT2D eigenvalue weighted by Gasteiger charge is -2.17. The van der Waals surface area contributed by atoms with Crippen molar-refractivity contribution in [3.8, 4) is 17.2 Å². The van der Waals surface area contributed by atoms with Crippen LogP contribution in [0.5, 0.6) is 17.2 Å². The third kappa shape index (κ3) is 3.74. The normalized spacial score (nSPS) is 12.2. The first-order valence-electron chi connectivity index (χ1n) is 7.93. The summed E-state index contributed by atoms with van der Waals surface area (Å²) >= 11 is 0. The fourth-order valence-electron chi connectivity index (χ4n) is 2.54. The second kappa shape index (κ2) is 6.74. The molecule has 24 heavy (non-hydrogen) atoms. The summed E-state index contributed by atoms with van der Waals surface area (Å²) in [7, 11) is 0. The Morgan fingerprint density at radius 2 is 2.08 bits per heavy atom. The highest BCUT2D eigenvalue weighted by atomic mass is 16.5. The smallest absolute Gasteiger partial charge is 0.222 e. The number of carbonyl (C=O) groups excluding carboxylic acids is 1. The van der Waals surface area contributed by atoms with E-state index in [-0.39, 0.29) is 12.0 Å². The highest BCUT2D eigenvalue weighted by molar-refractivity contribution is 5.87. The maximum absolute atomic E-state index is 11.2. The topological polar surface area (TPSA) is 60.5 Å². The molecule has 0 bridgehead atoms. The third-order valence-corrected chi connectivity index (χ3v) is 3.47. The maximum Gasteiger partial charge on any atom is 0.222 e. The van der Waals surface area contributed by atoms with E-state index in [1.807, 2.05) is 26.0 Å². The summed E-state index contributed by atoms with van der Waals surface area (Å²) < 4.78 is 11.9. The van der Waals surface area contributed by atoms with E-state index >= 15 is 0 Å². The number of ether oxygens (including phenoxy) is 2. The average molecular weight is 324 g/mol. The van der Waals surface area contributed by atoms with Gasteiger partial charge in [-0.15, -0.1) is 0 Å². The van der Waals surface area contributed by atoms with Crippen LogP contribution >= 0.6 is 0 Å². The number of fused-ring (bicyclic) bond motifs is 1. The van der Waals surface area contributed by atoms with E-state index in [1.54, 1.807) is 18.3 Å². The number of amides is 1. The lowest BCUT2D eigenvalue weighted by molar-refractivity contribution is -0.114. The molecule has 1 aliphatic rings. The molecule has 2 aromatic rings. The molecule has 0 spiro atoms. The Bertz CT molecular complexity index is 797. The van der Waals surface area contributed by atoms with Crippen LogP contribution in [0.3, 0.4) is 0 Å². The van der Waals surface area contributed by atoms with E-state index < -0.39 is 0 Å². The molecule has 0 radical (unpaired) electrons. The summed E-state index contributed by atoms with van der Waals surface area (Å²) in [6.45, 7) is 5.41. The van der Waals surface area contributed by atoms with Gasteiger partial charge in [-0.3, -0.25) is 4.79 Å². The molecule has 1 amide bonds. The van der Waals surface area contributed by atoms with Gasteiger partial charge in [0.2, 0.25) is 5.91 Å². The lowest BCUT2D eigenvalue weighted by Crippen LogP contribution is -2.08. The van der Waals surface area contributed by atoms with E-state index in [2.05, 4.69) is 22.5 Å². The van der Waals surface area contributed by atoms with Gasteiger partial charge < -0.3 is 14.8 Å². The molecule has 0 aliphatic heterocycles. The number of hydrogen-bond acceptors (Lipinski definition) is 4. The summed E-state index contributed by atoms with van der Waals surface area (Å²) in [5.74, 6) is 2.22. The standard InChI is InChI=1S/C19H20N2O3/c1-12(2)23-17-9-14-5-4-6-15(14)10-18(17)24-16-7-8-20-19(11-16)21-13(3)22/h4,6-12H,5H2,1-3H3,(H,20,21,22). The van der Waals surface area contributed by atoms with Crippen LogP contribution in [0, 0.1) is 0 Å². The van der Waals surface area contributed by atoms with Crippen molar-refractivity contribution in [2.24, 2.45) is 0 Å². The first kappa shape index (κ1) is 16.1. The molecule has 1 aromatic carbocycles. The SMILES string of the molecule is CC(=O)Nc1cc(Oc2cc3c(cc2OC(C)C)CC=C3)ccn1. The summed E-state index contributed by atoms with van der Waals surface area (Å²) in [6, 6.07) is 7.44. The molecule has 0 atom stereocenters. The van der Waals surface area contributed by atoms with Crippen molar-refractivity contribution in [2.75, 3.05) is 5.32 Å². The van der Waals surface area contributed by atoms with Gasteiger partial charge in [-0.2, -0.15) is 0 Å². The quantitative estimate of drug-likeness (QED) is 0.896. The van der Waals surface area contributed by atoms with Gasteiger partial charge >= 0.3 is 0 Å². The molecular weight excluding hydrogens is 304 g/mol. The van der Waals surface area contributed by atoms with Crippen LogP contribution in [0.2, 0.25) is 0 Å². The molecule has 0 unspecified atom stereocenters. The molecular formula is C19H20N2O3. The van der Waals surface area contributed by atoms with Crippen LogP contribution in [-0.2, 0) is 11.2 Å². The Balaban J connectivity index is 1.91. The zero-order valence-corrected chi connectivity index (χ0v) is 14.0. The molecule has 0 saturated heterocycles. The largest absolute Gasteiger partial charge is 0.487 e. The average Bonchev–Trinajstić information content (AvgIpc) is 2.93. The summed E-state index contributed by atoms with van der Waals surface area (Å²) in [6.07, 6.45) is 6.75. The lowest BCUT2D eigenvalue weighted by atomic mass is 10.1. The van der Waals surface area contributed by atoms with Crippen molar-refractivity contribution in [1.29, 1.82) is 0 Å². The first-order valence-corrected chi connectivity index (χ1v) is 7.93. The van der Waals surface area contributed by atoms with E-state index in [1.165, 1.54) is 12.5 Å². The molecule has 1 aliphatic carbocycles. The zero-order valence-electron chi connectivity index (χ0n) is 14.0. The number of carbonyl (C=O) groups is 1. The number of hydrogen-bond donors (Lipinski definition) is 1. The van der Waals surface area contributed by atoms with Crippen LogP contribution in [-0.4, -0.2) is 17.0 Å². The van der Waals surface area contributed by atoms with Crippen molar-refractivity contribution in [3.63, 3.8) is 0 Å². The third-order valence-electron chi connectivity index (χ3n) is 3.47. The Morgan fingerprint density at radius 1 is 1.25 bits per heavy atom. The van der Waals surface area contributed by atoms with Gasteiger partial charge in [0, 0.05) is 19.2 Å². The van der Waals surface area contributed by atoms with Crippen LogP contribution in [0.15, 0.2) is 36.5 Å². The minimum atomic E-state index is -0.175. The predicted molar refractivity (Wildman–Crippen MR) is 93.6 cm³/mol. The molecule has 0 saturated carbocycles. The summed E-state index contributed by atoms with van der Waals surface area (Å²) in [5.41, 5.74) is 2.36. The van der Waals surface area contributed by atoms with Crippen molar-refractivity contribution < 1.29 is 14.3 Å². The molecule has 3 rings (SSSR count). The van der Waals surface area contributed by atoms with Crippen molar-refractivity contribution >= 4 is 17.8 Å². The minimum absolute atomic E-state index is 0.0483. The van der Waals surface area contributed by atoms with Crippen molar-refractivity contribution in [2.45, 2.75) is 33.3 Å². The van der Waals surface area contributed by atoms with Crippen LogP contribution in [0.4, 0.5) is 5.82 Å². The molecule has 5 nitrogen and oxygen atoms in total. The second-order valence-electron chi connectivity index (χ2n) is 5.93. The zero-order chi connectivity index (χ0) is 17.1. The Labute approximate surface area is 141 Å². The van der Waals surface area contributed by atoms with Gasteiger partial charge in [0.15, 0.2) is 11.5 Å². The van der Waals surface area contributed by atoms with E-state index in [0.717, 1.165) is 12.0 Å². The fourth-order valence-corrected chi connectivity index (χ4v) is 2.54. The number of nitrogens with one attached hydrogen (secondary N) is 1. The van der Waals surface area contributed by atoms with Crippen molar-refractivity contribution in [1.82, 2.24) is 4.98 Å². The fraction of sp³-hybridized carbons (Fsp3) is 0.263. The van der Waals surface area contributed by atoms with E-state index in [0.29, 0.717) is 23.1 Å². The van der Waals surface area contributed by atoms with Crippen LogP contribution < -0.4 is 14.8 Å². The maximum atomic E-state index is 11.2. The number of rotatable bonds is 5. The van der Waals surface area contributed by atoms with E-state index in [4.69, 9.17) is 9.47 Å². The monoisotopic (exact) mass is 324 g/mol. The number of benzene rings is 1. The van der Waals surface area contributed by atoms with Gasteiger partial charge in [0.1, 0.15) is 11.6 Å². The highest BCUT2D eigenvalue weighted by Crippen LogP contribution is 2.37. The molecule has 0 fully saturated rings. The minimum Gasteiger partial charge on any atom is -0.487 e. The van der Waals surface area contributed by atoms with Gasteiger partial charge in [0.05, 0.1) is 6.10 Å². The van der Waals surface area contributed by atoms with Gasteiger partial charge in [-0.05, 0) is 49.6 Å². The molecule has 1 N–H and O–H groups in total. The number of nitrogens with zero attached hydrogens (tertiary/aromatic N) is 1. The number of aromatic nitrogens is 1. The number of allylic oxidation sites excluding steroid dienone is 1. The highest BCUT2D eigenvalue weighted by Gasteiger charge is 2.15. The van der Waals surface area contributed by atoms with Gasteiger partial charge in [-0.25, -0.2) is 4.98 Å². The predicted octanol–water partition coefficient (Wildman–Crippen LogP) is 4.19. The molecule has 5 heteroatoms. The van der Waals surface area contributed by atoms with E-state index in [9.17, 15) is 4.79 Å². The Kier molecular flexibility index (Phi) is 4.51. The first-order chi connectivity index (χ1) is 11.5. The summed E-state index contributed by atoms with van der Waals surface area (Å²) in [4.78, 5) is 15.3.